The molecule has 1 saturated carbocycles. The number of hydrogen-bond acceptors (Lipinski definition) is 6. The molecule has 0 bridgehead atoms. The van der Waals surface area contributed by atoms with E-state index in [0.29, 0.717) is 29.3 Å². The number of thiophene rings is 1. The Labute approximate surface area is 185 Å². The van der Waals surface area contributed by atoms with Gasteiger partial charge in [0.05, 0.1) is 12.7 Å². The van der Waals surface area contributed by atoms with Crippen molar-refractivity contribution in [3.63, 3.8) is 0 Å². The molecule has 3 aliphatic rings. The fourth-order valence-electron chi connectivity index (χ4n) is 5.14. The number of nitrogens with one attached hydrogen (secondary N) is 1. The van der Waals surface area contributed by atoms with E-state index >= 15 is 0 Å². The lowest BCUT2D eigenvalue weighted by molar-refractivity contribution is -0.136. The number of methoxy groups -OCH3 is 1. The first-order valence-electron chi connectivity index (χ1n) is 10.9. The third kappa shape index (κ3) is 3.62. The van der Waals surface area contributed by atoms with Gasteiger partial charge < -0.3 is 15.0 Å². The fraction of sp³-hybridized carbons (Fsp3) is 0.636. The lowest BCUT2D eigenvalue weighted by atomic mass is 9.81. The third-order valence-electron chi connectivity index (χ3n) is 6.94. The van der Waals surface area contributed by atoms with Gasteiger partial charge >= 0.3 is 12.0 Å². The molecule has 1 unspecified atom stereocenters. The summed E-state index contributed by atoms with van der Waals surface area (Å²) in [5.41, 5.74) is 0.535. The zero-order valence-electron chi connectivity index (χ0n) is 18.3. The molecule has 1 atom stereocenters. The van der Waals surface area contributed by atoms with Crippen LogP contribution in [0.1, 0.15) is 66.2 Å². The van der Waals surface area contributed by atoms with Gasteiger partial charge in [-0.3, -0.25) is 14.5 Å². The molecule has 2 aliphatic carbocycles. The molecule has 1 spiro atoms. The summed E-state index contributed by atoms with van der Waals surface area (Å²) in [4.78, 5) is 54.8. The molecule has 1 N–H and O–H groups in total. The van der Waals surface area contributed by atoms with E-state index in [0.717, 1.165) is 53.9 Å². The first-order valence-corrected chi connectivity index (χ1v) is 11.7. The van der Waals surface area contributed by atoms with Gasteiger partial charge in [0, 0.05) is 11.9 Å². The summed E-state index contributed by atoms with van der Waals surface area (Å²) in [6.07, 6.45) is 6.71. The minimum Gasteiger partial charge on any atom is -0.465 e. The highest BCUT2D eigenvalue weighted by Crippen LogP contribution is 2.41. The number of anilines is 1. The summed E-state index contributed by atoms with van der Waals surface area (Å²) in [6.45, 7) is 1.81. The van der Waals surface area contributed by atoms with Gasteiger partial charge in [-0.05, 0) is 43.6 Å². The first-order chi connectivity index (χ1) is 14.8. The van der Waals surface area contributed by atoms with Crippen LogP contribution in [0.2, 0.25) is 0 Å². The Kier molecular flexibility index (Phi) is 5.81. The Bertz CT molecular complexity index is 934. The fourth-order valence-corrected chi connectivity index (χ4v) is 6.55. The molecule has 1 aromatic rings. The number of carbonyl (C=O) groups is 4. The Hall–Kier alpha value is -2.42. The summed E-state index contributed by atoms with van der Waals surface area (Å²) in [5.74, 6) is -0.735. The van der Waals surface area contributed by atoms with Gasteiger partial charge in [-0.2, -0.15) is 0 Å². The molecule has 0 radical (unpaired) electrons. The third-order valence-corrected chi connectivity index (χ3v) is 8.11. The van der Waals surface area contributed by atoms with Gasteiger partial charge in [-0.15, -0.1) is 11.3 Å². The lowest BCUT2D eigenvalue weighted by Crippen LogP contribution is -2.49. The molecule has 9 heteroatoms. The van der Waals surface area contributed by atoms with Crippen molar-refractivity contribution >= 4 is 40.2 Å². The average molecular weight is 448 g/mol. The van der Waals surface area contributed by atoms with Crippen molar-refractivity contribution in [2.45, 2.75) is 63.8 Å². The number of amides is 4. The van der Waals surface area contributed by atoms with Gasteiger partial charge in [0.15, 0.2) is 0 Å². The Balaban J connectivity index is 1.54. The molecule has 1 saturated heterocycles. The first kappa shape index (κ1) is 21.8. The average Bonchev–Trinajstić information content (AvgIpc) is 3.18. The van der Waals surface area contributed by atoms with Crippen LogP contribution < -0.4 is 5.32 Å². The lowest BCUT2D eigenvalue weighted by Gasteiger charge is -2.35. The Morgan fingerprint density at radius 3 is 2.61 bits per heavy atom. The number of imide groups is 1. The van der Waals surface area contributed by atoms with Gasteiger partial charge in [0.25, 0.3) is 5.91 Å². The monoisotopic (exact) mass is 447 g/mol. The van der Waals surface area contributed by atoms with Crippen molar-refractivity contribution in [1.82, 2.24) is 9.80 Å². The quantitative estimate of drug-likeness (QED) is 0.565. The predicted molar refractivity (Wildman–Crippen MR) is 116 cm³/mol. The number of esters is 1. The molecule has 4 rings (SSSR count). The van der Waals surface area contributed by atoms with Crippen molar-refractivity contribution in [3.8, 4) is 0 Å². The predicted octanol–water partition coefficient (Wildman–Crippen LogP) is 3.19. The molecule has 31 heavy (non-hydrogen) atoms. The van der Waals surface area contributed by atoms with Crippen molar-refractivity contribution < 1.29 is 23.9 Å². The highest BCUT2D eigenvalue weighted by atomic mass is 32.1. The number of fused-ring (bicyclic) bond motifs is 1. The van der Waals surface area contributed by atoms with Crippen molar-refractivity contribution in [3.05, 3.63) is 16.0 Å². The van der Waals surface area contributed by atoms with Gasteiger partial charge in [-0.25, -0.2) is 9.59 Å². The molecule has 2 heterocycles. The van der Waals surface area contributed by atoms with E-state index in [-0.39, 0.29) is 12.5 Å². The van der Waals surface area contributed by atoms with Crippen LogP contribution >= 0.6 is 11.3 Å². The Morgan fingerprint density at radius 2 is 1.94 bits per heavy atom. The molecule has 168 valence electrons. The van der Waals surface area contributed by atoms with Gasteiger partial charge in [0.1, 0.15) is 17.1 Å². The van der Waals surface area contributed by atoms with Crippen LogP contribution in [0.5, 0.6) is 0 Å². The van der Waals surface area contributed by atoms with E-state index in [9.17, 15) is 19.2 Å². The number of ether oxygens (including phenoxy) is 1. The smallest absolute Gasteiger partial charge is 0.341 e. The summed E-state index contributed by atoms with van der Waals surface area (Å²) in [5, 5.41) is 3.23. The second-order valence-electron chi connectivity index (χ2n) is 8.92. The SMILES string of the molecule is COC(=O)c1c(NC(=O)CN2C(=O)N(C)C3(CCCCC3)C2=O)sc2c1CCC(C)C2. The second-order valence-corrected chi connectivity index (χ2v) is 10.0. The molecule has 0 aromatic carbocycles. The van der Waals surface area contributed by atoms with E-state index in [1.54, 1.807) is 7.05 Å². The van der Waals surface area contributed by atoms with Crippen LogP contribution in [0.25, 0.3) is 0 Å². The number of likely N-dealkylation sites (N-methyl/N-ethyl adjacent to an activating group) is 1. The van der Waals surface area contributed by atoms with E-state index in [2.05, 4.69) is 12.2 Å². The number of carbonyl (C=O) groups excluding carboxylic acids is 4. The zero-order chi connectivity index (χ0) is 22.3. The standard InChI is InChI=1S/C22H29N3O5S/c1-13-7-8-14-15(11-13)31-18(17(14)19(27)30-3)23-16(26)12-25-20(28)22(24(2)21(25)29)9-5-4-6-10-22/h13H,4-12H2,1-3H3,(H,23,26). The van der Waals surface area contributed by atoms with Crippen molar-refractivity contribution in [1.29, 1.82) is 0 Å². The van der Waals surface area contributed by atoms with E-state index in [4.69, 9.17) is 4.74 Å². The zero-order valence-corrected chi connectivity index (χ0v) is 19.1. The maximum absolute atomic E-state index is 13.1. The van der Waals surface area contributed by atoms with Crippen molar-refractivity contribution in [2.24, 2.45) is 5.92 Å². The minimum atomic E-state index is -0.815. The maximum atomic E-state index is 13.1. The molecule has 1 aromatic heterocycles. The molecular weight excluding hydrogens is 418 g/mol. The molecule has 2 fully saturated rings. The highest BCUT2D eigenvalue weighted by molar-refractivity contribution is 7.17. The minimum absolute atomic E-state index is 0.289. The number of rotatable bonds is 4. The van der Waals surface area contributed by atoms with Crippen molar-refractivity contribution in [2.75, 3.05) is 26.0 Å². The molecule has 1 aliphatic heterocycles. The van der Waals surface area contributed by atoms with E-state index < -0.39 is 23.4 Å². The van der Waals surface area contributed by atoms with Crippen LogP contribution in [0.4, 0.5) is 9.80 Å². The summed E-state index contributed by atoms with van der Waals surface area (Å²) < 4.78 is 4.96. The van der Waals surface area contributed by atoms with Gasteiger partial charge in [0.2, 0.25) is 5.91 Å². The largest absolute Gasteiger partial charge is 0.465 e. The summed E-state index contributed by atoms with van der Waals surface area (Å²) in [6, 6.07) is -0.436. The maximum Gasteiger partial charge on any atom is 0.341 e. The number of hydrogen-bond donors (Lipinski definition) is 1. The van der Waals surface area contributed by atoms with Crippen LogP contribution in [-0.2, 0) is 27.2 Å². The Morgan fingerprint density at radius 1 is 1.23 bits per heavy atom. The molecule has 8 nitrogen and oxygen atoms in total. The van der Waals surface area contributed by atoms with Crippen LogP contribution in [0.15, 0.2) is 0 Å². The summed E-state index contributed by atoms with van der Waals surface area (Å²) >= 11 is 1.39. The van der Waals surface area contributed by atoms with E-state index in [1.165, 1.54) is 23.3 Å². The number of nitrogens with zero attached hydrogens (tertiary/aromatic N) is 2. The summed E-state index contributed by atoms with van der Waals surface area (Å²) in [7, 11) is 2.97. The molecule has 4 amide bonds. The number of urea groups is 1. The van der Waals surface area contributed by atoms with Crippen LogP contribution in [0, 0.1) is 5.92 Å². The molecular formula is C22H29N3O5S. The van der Waals surface area contributed by atoms with Gasteiger partial charge in [-0.1, -0.05) is 26.2 Å². The second kappa shape index (κ2) is 8.26. The normalized spacial score (nSPS) is 22.6. The van der Waals surface area contributed by atoms with E-state index in [1.807, 2.05) is 0 Å². The van der Waals surface area contributed by atoms with Crippen LogP contribution in [-0.4, -0.2) is 59.9 Å². The van der Waals surface area contributed by atoms with Crippen LogP contribution in [0.3, 0.4) is 0 Å². The topological polar surface area (TPSA) is 96.0 Å². The highest BCUT2D eigenvalue weighted by Gasteiger charge is 2.55.